The number of carbonyl (C=O) groups is 2. The van der Waals surface area contributed by atoms with Crippen molar-refractivity contribution in [3.8, 4) is 11.5 Å². The molecule has 31 heavy (non-hydrogen) atoms. The lowest BCUT2D eigenvalue weighted by molar-refractivity contribution is -0.130. The molecular formula is C21H20Cl2F2N2O4. The van der Waals surface area contributed by atoms with Crippen molar-refractivity contribution in [1.82, 2.24) is 4.90 Å². The van der Waals surface area contributed by atoms with Crippen LogP contribution in [-0.4, -0.2) is 43.5 Å². The topological polar surface area (TPSA) is 67.9 Å². The van der Waals surface area contributed by atoms with Crippen LogP contribution in [0.15, 0.2) is 42.5 Å². The molecule has 2 aromatic carbocycles. The van der Waals surface area contributed by atoms with Crippen LogP contribution in [-0.2, 0) is 9.59 Å². The Balaban J connectivity index is 2.13. The summed E-state index contributed by atoms with van der Waals surface area (Å²) in [6, 6.07) is 9.30. The fourth-order valence-electron chi connectivity index (χ4n) is 2.62. The molecule has 0 heterocycles. The maximum Gasteiger partial charge on any atom is 0.387 e. The van der Waals surface area contributed by atoms with Gasteiger partial charge in [0, 0.05) is 18.2 Å². The molecule has 0 fully saturated rings. The number of nitrogens with one attached hydrogen (secondary N) is 1. The monoisotopic (exact) mass is 472 g/mol. The second-order valence-corrected chi connectivity index (χ2v) is 6.90. The molecule has 0 spiro atoms. The predicted molar refractivity (Wildman–Crippen MR) is 116 cm³/mol. The normalized spacial score (nSPS) is 10.9. The molecule has 6 nitrogen and oxygen atoms in total. The molecule has 0 atom stereocenters. The van der Waals surface area contributed by atoms with E-state index in [-0.39, 0.29) is 45.9 Å². The number of hydrogen-bond donors (Lipinski definition) is 1. The molecule has 2 aromatic rings. The van der Waals surface area contributed by atoms with Crippen LogP contribution in [0.3, 0.4) is 0 Å². The van der Waals surface area contributed by atoms with Gasteiger partial charge in [-0.2, -0.15) is 8.78 Å². The first-order valence-corrected chi connectivity index (χ1v) is 9.85. The van der Waals surface area contributed by atoms with Crippen LogP contribution < -0.4 is 14.8 Å². The molecule has 0 radical (unpaired) electrons. The standard InChI is InChI=1S/C21H20Cl2F2N2O4/c1-3-27(12-17(28)26-19-14(22)7-5-8-15(19)23)18(29)11-10-13-6-4-9-16(30-2)20(13)31-21(24)25/h4-11,21H,3,12H2,1-2H3,(H,26,28)/b11-10+. The van der Waals surface area contributed by atoms with E-state index >= 15 is 0 Å². The maximum absolute atomic E-state index is 12.7. The molecule has 0 saturated carbocycles. The minimum atomic E-state index is -3.06. The SMILES string of the molecule is CCN(CC(=O)Nc1c(Cl)cccc1Cl)C(=O)/C=C/c1cccc(OC)c1OC(F)F. The Hall–Kier alpha value is -2.84. The van der Waals surface area contributed by atoms with Crippen LogP contribution in [0.25, 0.3) is 6.08 Å². The van der Waals surface area contributed by atoms with Gasteiger partial charge in [-0.1, -0.05) is 41.4 Å². The third-order valence-corrected chi connectivity index (χ3v) is 4.73. The molecule has 166 valence electrons. The molecule has 0 aromatic heterocycles. The van der Waals surface area contributed by atoms with Gasteiger partial charge in [-0.05, 0) is 31.2 Å². The molecule has 0 saturated heterocycles. The van der Waals surface area contributed by atoms with Gasteiger partial charge < -0.3 is 19.7 Å². The van der Waals surface area contributed by atoms with Gasteiger partial charge in [0.15, 0.2) is 11.5 Å². The number of benzene rings is 2. The van der Waals surface area contributed by atoms with Gasteiger partial charge >= 0.3 is 6.61 Å². The van der Waals surface area contributed by atoms with E-state index in [2.05, 4.69) is 10.1 Å². The minimum Gasteiger partial charge on any atom is -0.493 e. The summed E-state index contributed by atoms with van der Waals surface area (Å²) in [4.78, 5) is 26.2. The lowest BCUT2D eigenvalue weighted by Crippen LogP contribution is -2.37. The van der Waals surface area contributed by atoms with E-state index in [1.165, 1.54) is 30.2 Å². The molecule has 0 bridgehead atoms. The van der Waals surface area contributed by atoms with E-state index in [1.807, 2.05) is 0 Å². The number of rotatable bonds is 9. The number of alkyl halides is 2. The number of halogens is 4. The van der Waals surface area contributed by atoms with Crippen molar-refractivity contribution in [2.24, 2.45) is 0 Å². The molecule has 2 rings (SSSR count). The van der Waals surface area contributed by atoms with Gasteiger partial charge in [0.25, 0.3) is 0 Å². The lowest BCUT2D eigenvalue weighted by Gasteiger charge is -2.19. The van der Waals surface area contributed by atoms with Crippen LogP contribution in [0.1, 0.15) is 12.5 Å². The number of para-hydroxylation sites is 2. The van der Waals surface area contributed by atoms with Gasteiger partial charge in [-0.15, -0.1) is 0 Å². The van der Waals surface area contributed by atoms with E-state index in [4.69, 9.17) is 27.9 Å². The van der Waals surface area contributed by atoms with E-state index < -0.39 is 18.4 Å². The zero-order valence-corrected chi connectivity index (χ0v) is 18.2. The quantitative estimate of drug-likeness (QED) is 0.515. The van der Waals surface area contributed by atoms with Gasteiger partial charge in [0.2, 0.25) is 11.8 Å². The summed E-state index contributed by atoms with van der Waals surface area (Å²) in [7, 11) is 1.31. The summed E-state index contributed by atoms with van der Waals surface area (Å²) >= 11 is 12.1. The van der Waals surface area contributed by atoms with Crippen molar-refractivity contribution in [2.45, 2.75) is 13.5 Å². The molecule has 0 aliphatic carbocycles. The Morgan fingerprint density at radius 2 is 1.81 bits per heavy atom. The molecular weight excluding hydrogens is 453 g/mol. The number of anilines is 1. The van der Waals surface area contributed by atoms with Crippen molar-refractivity contribution in [3.63, 3.8) is 0 Å². The Labute approximate surface area is 188 Å². The van der Waals surface area contributed by atoms with E-state index in [1.54, 1.807) is 31.2 Å². The number of hydrogen-bond acceptors (Lipinski definition) is 4. The second-order valence-electron chi connectivity index (χ2n) is 6.09. The minimum absolute atomic E-state index is 0.0956. The Morgan fingerprint density at radius 3 is 2.39 bits per heavy atom. The van der Waals surface area contributed by atoms with Crippen molar-refractivity contribution in [1.29, 1.82) is 0 Å². The molecule has 2 amide bonds. The van der Waals surface area contributed by atoms with Crippen molar-refractivity contribution in [2.75, 3.05) is 25.5 Å². The number of likely N-dealkylation sites (N-methyl/N-ethyl adjacent to an activating group) is 1. The highest BCUT2D eigenvalue weighted by atomic mass is 35.5. The zero-order valence-electron chi connectivity index (χ0n) is 16.7. The Morgan fingerprint density at radius 1 is 1.16 bits per heavy atom. The first kappa shape index (κ1) is 24.4. The Kier molecular flexibility index (Phi) is 9.08. The maximum atomic E-state index is 12.7. The third-order valence-electron chi connectivity index (χ3n) is 4.10. The molecule has 10 heteroatoms. The summed E-state index contributed by atoms with van der Waals surface area (Å²) in [5, 5.41) is 3.10. The zero-order chi connectivity index (χ0) is 23.0. The van der Waals surface area contributed by atoms with Crippen molar-refractivity contribution >= 4 is 46.8 Å². The lowest BCUT2D eigenvalue weighted by atomic mass is 10.1. The smallest absolute Gasteiger partial charge is 0.387 e. The van der Waals surface area contributed by atoms with Crippen molar-refractivity contribution < 1.29 is 27.8 Å². The first-order chi connectivity index (χ1) is 14.8. The van der Waals surface area contributed by atoms with Crippen LogP contribution in [0.2, 0.25) is 10.0 Å². The van der Waals surface area contributed by atoms with Gasteiger partial charge in [-0.3, -0.25) is 9.59 Å². The highest BCUT2D eigenvalue weighted by molar-refractivity contribution is 6.39. The molecule has 0 aliphatic rings. The largest absolute Gasteiger partial charge is 0.493 e. The molecule has 1 N–H and O–H groups in total. The van der Waals surface area contributed by atoms with Crippen LogP contribution in [0.5, 0.6) is 11.5 Å². The number of carbonyl (C=O) groups excluding carboxylic acids is 2. The van der Waals surface area contributed by atoms with Crippen LogP contribution >= 0.6 is 23.2 Å². The number of nitrogens with zero attached hydrogens (tertiary/aromatic N) is 1. The summed E-state index contributed by atoms with van der Waals surface area (Å²) in [6.07, 6.45) is 2.47. The van der Waals surface area contributed by atoms with Gasteiger partial charge in [0.1, 0.15) is 6.54 Å². The first-order valence-electron chi connectivity index (χ1n) is 9.09. The molecule has 0 aliphatic heterocycles. The summed E-state index contributed by atoms with van der Waals surface area (Å²) in [5.41, 5.74) is 0.469. The van der Waals surface area contributed by atoms with Crippen LogP contribution in [0.4, 0.5) is 14.5 Å². The van der Waals surface area contributed by atoms with Gasteiger partial charge in [0.05, 0.1) is 22.8 Å². The average Bonchev–Trinajstić information content (AvgIpc) is 2.73. The fraction of sp³-hybridized carbons (Fsp3) is 0.238. The summed E-state index contributed by atoms with van der Waals surface area (Å²) in [5.74, 6) is -1.10. The van der Waals surface area contributed by atoms with E-state index in [0.29, 0.717) is 0 Å². The number of ether oxygens (including phenoxy) is 2. The number of amides is 2. The highest BCUT2D eigenvalue weighted by Crippen LogP contribution is 2.33. The van der Waals surface area contributed by atoms with Crippen molar-refractivity contribution in [3.05, 3.63) is 58.1 Å². The van der Waals surface area contributed by atoms with E-state index in [9.17, 15) is 18.4 Å². The predicted octanol–water partition coefficient (Wildman–Crippen LogP) is 5.10. The third kappa shape index (κ3) is 6.83. The molecule has 0 unspecified atom stereocenters. The Bertz CT molecular complexity index is 950. The van der Waals surface area contributed by atoms with Gasteiger partial charge in [-0.25, -0.2) is 0 Å². The average molecular weight is 473 g/mol. The fourth-order valence-corrected chi connectivity index (χ4v) is 3.11. The summed E-state index contributed by atoms with van der Waals surface area (Å²) < 4.78 is 35.0. The summed E-state index contributed by atoms with van der Waals surface area (Å²) in [6.45, 7) is -1.41. The van der Waals surface area contributed by atoms with E-state index in [0.717, 1.165) is 6.08 Å². The number of methoxy groups -OCH3 is 1. The van der Waals surface area contributed by atoms with Crippen LogP contribution in [0, 0.1) is 0 Å². The highest BCUT2D eigenvalue weighted by Gasteiger charge is 2.17. The second kappa shape index (κ2) is 11.5.